The van der Waals surface area contributed by atoms with E-state index in [0.717, 1.165) is 47.9 Å². The quantitative estimate of drug-likeness (QED) is 0.363. The highest BCUT2D eigenvalue weighted by molar-refractivity contribution is 7.71. The predicted octanol–water partition coefficient (Wildman–Crippen LogP) is 5.22. The topological polar surface area (TPSA) is 42.1 Å². The molecule has 166 valence electrons. The van der Waals surface area contributed by atoms with Gasteiger partial charge in [0, 0.05) is 43.8 Å². The maximum absolute atomic E-state index is 6.03. The number of halogens is 1. The van der Waals surface area contributed by atoms with Gasteiger partial charge in [0.2, 0.25) is 0 Å². The fourth-order valence-electron chi connectivity index (χ4n) is 4.14. The van der Waals surface area contributed by atoms with Gasteiger partial charge in [-0.25, -0.2) is 9.67 Å². The third kappa shape index (κ3) is 4.25. The Labute approximate surface area is 201 Å². The van der Waals surface area contributed by atoms with E-state index in [0.29, 0.717) is 17.7 Å². The number of fused-ring (bicyclic) bond motifs is 1. The minimum atomic E-state index is 0.322. The van der Waals surface area contributed by atoms with Crippen LogP contribution >= 0.6 is 35.2 Å². The molecule has 2 aromatic carbocycles. The number of para-hydroxylation sites is 1. The zero-order valence-electron chi connectivity index (χ0n) is 18.1. The highest BCUT2D eigenvalue weighted by Crippen LogP contribution is 2.30. The van der Waals surface area contributed by atoms with Gasteiger partial charge in [0.1, 0.15) is 5.01 Å². The molecule has 9 heteroatoms. The summed E-state index contributed by atoms with van der Waals surface area (Å²) < 4.78 is 5.87. The fraction of sp³-hybridized carbons (Fsp3) is 0.348. The van der Waals surface area contributed by atoms with Crippen LogP contribution in [0.1, 0.15) is 18.0 Å². The first-order chi connectivity index (χ1) is 15.5. The number of thiazole rings is 1. The lowest BCUT2D eigenvalue weighted by Crippen LogP contribution is -2.47. The molecule has 0 spiro atoms. The van der Waals surface area contributed by atoms with Crippen molar-refractivity contribution in [2.75, 3.05) is 26.2 Å². The maximum Gasteiger partial charge on any atom is 0.199 e. The molecule has 1 fully saturated rings. The number of benzene rings is 2. The third-order valence-corrected chi connectivity index (χ3v) is 8.04. The Morgan fingerprint density at radius 2 is 1.78 bits per heavy atom. The van der Waals surface area contributed by atoms with E-state index in [4.69, 9.17) is 33.9 Å². The first-order valence-corrected chi connectivity index (χ1v) is 12.3. The number of rotatable bonds is 5. The van der Waals surface area contributed by atoms with E-state index in [9.17, 15) is 0 Å². The molecule has 2 aromatic heterocycles. The van der Waals surface area contributed by atoms with Crippen molar-refractivity contribution >= 4 is 45.4 Å². The summed E-state index contributed by atoms with van der Waals surface area (Å²) >= 11 is 13.5. The van der Waals surface area contributed by atoms with E-state index in [2.05, 4.69) is 41.0 Å². The van der Waals surface area contributed by atoms with Gasteiger partial charge in [0.15, 0.2) is 10.6 Å². The second-order valence-electron chi connectivity index (χ2n) is 8.16. The first kappa shape index (κ1) is 21.7. The van der Waals surface area contributed by atoms with Crippen LogP contribution in [0.5, 0.6) is 0 Å². The highest BCUT2D eigenvalue weighted by atomic mass is 35.5. The molecule has 1 atom stereocenters. The third-order valence-electron chi connectivity index (χ3n) is 6.10. The molecule has 32 heavy (non-hydrogen) atoms. The fourth-order valence-corrected chi connectivity index (χ4v) is 5.50. The molecule has 1 saturated heterocycles. The highest BCUT2D eigenvalue weighted by Gasteiger charge is 2.25. The smallest absolute Gasteiger partial charge is 0.199 e. The van der Waals surface area contributed by atoms with Crippen molar-refractivity contribution in [2.45, 2.75) is 19.6 Å². The Morgan fingerprint density at radius 1 is 1.06 bits per heavy atom. The molecule has 0 N–H and O–H groups in total. The Balaban J connectivity index is 1.24. The van der Waals surface area contributed by atoms with Crippen LogP contribution in [0.25, 0.3) is 21.6 Å². The van der Waals surface area contributed by atoms with Gasteiger partial charge < -0.3 is 4.57 Å². The van der Waals surface area contributed by atoms with Crippen LogP contribution in [-0.4, -0.2) is 55.3 Å². The molecule has 3 heterocycles. The standard InChI is InChI=1S/C23H25ClN6S2/c1-16(22-25-19-5-3-4-6-20(19)32-22)29-13-11-28(12-14-29)15-30-23(31)27(2)21(26-30)17-7-9-18(24)10-8-17/h3-10,16H,11-15H2,1-2H3. The first-order valence-electron chi connectivity index (χ1n) is 10.7. The van der Waals surface area contributed by atoms with Crippen LogP contribution in [0.3, 0.4) is 0 Å². The zero-order chi connectivity index (χ0) is 22.2. The summed E-state index contributed by atoms with van der Waals surface area (Å²) in [7, 11) is 1.97. The van der Waals surface area contributed by atoms with Gasteiger partial charge in [0.25, 0.3) is 0 Å². The molecule has 6 nitrogen and oxygen atoms in total. The van der Waals surface area contributed by atoms with Gasteiger partial charge in [0.05, 0.1) is 22.9 Å². The predicted molar refractivity (Wildman–Crippen MR) is 134 cm³/mol. The van der Waals surface area contributed by atoms with Gasteiger partial charge in [-0.15, -0.1) is 11.3 Å². The van der Waals surface area contributed by atoms with Crippen molar-refractivity contribution in [3.8, 4) is 11.4 Å². The number of hydrogen-bond donors (Lipinski definition) is 0. The van der Waals surface area contributed by atoms with Gasteiger partial charge in [-0.3, -0.25) is 9.80 Å². The molecular formula is C23H25ClN6S2. The number of hydrogen-bond acceptors (Lipinski definition) is 6. The van der Waals surface area contributed by atoms with Crippen molar-refractivity contribution in [2.24, 2.45) is 7.05 Å². The summed E-state index contributed by atoms with van der Waals surface area (Å²) in [6.45, 7) is 6.92. The largest absolute Gasteiger partial charge is 0.303 e. The van der Waals surface area contributed by atoms with Crippen molar-refractivity contribution in [3.63, 3.8) is 0 Å². The molecule has 1 unspecified atom stereocenters. The summed E-state index contributed by atoms with van der Waals surface area (Å²) in [6, 6.07) is 16.4. The van der Waals surface area contributed by atoms with Gasteiger partial charge in [-0.05, 0) is 55.5 Å². The van der Waals surface area contributed by atoms with Crippen molar-refractivity contribution < 1.29 is 0 Å². The Hall–Kier alpha value is -2.10. The Bertz CT molecular complexity index is 1250. The van der Waals surface area contributed by atoms with Crippen molar-refractivity contribution in [1.82, 2.24) is 29.1 Å². The molecular weight excluding hydrogens is 460 g/mol. The molecule has 1 aliphatic heterocycles. The average molecular weight is 485 g/mol. The maximum atomic E-state index is 6.03. The van der Waals surface area contributed by atoms with Crippen LogP contribution in [0, 0.1) is 4.77 Å². The molecule has 0 radical (unpaired) electrons. The summed E-state index contributed by atoms with van der Waals surface area (Å²) in [6.07, 6.45) is 0. The molecule has 0 bridgehead atoms. The van der Waals surface area contributed by atoms with Crippen molar-refractivity contribution in [3.05, 3.63) is 63.3 Å². The van der Waals surface area contributed by atoms with E-state index in [1.165, 1.54) is 9.71 Å². The van der Waals surface area contributed by atoms with Crippen molar-refractivity contribution in [1.29, 1.82) is 0 Å². The Morgan fingerprint density at radius 3 is 2.50 bits per heavy atom. The molecule has 5 rings (SSSR count). The monoisotopic (exact) mass is 484 g/mol. The van der Waals surface area contributed by atoms with E-state index < -0.39 is 0 Å². The van der Waals surface area contributed by atoms with Gasteiger partial charge in [-0.2, -0.15) is 5.10 Å². The molecule has 0 saturated carbocycles. The van der Waals surface area contributed by atoms with Crippen LogP contribution in [0.2, 0.25) is 5.02 Å². The lowest BCUT2D eigenvalue weighted by molar-refractivity contribution is 0.0788. The minimum Gasteiger partial charge on any atom is -0.303 e. The lowest BCUT2D eigenvalue weighted by atomic mass is 10.2. The minimum absolute atomic E-state index is 0.322. The van der Waals surface area contributed by atoms with E-state index in [-0.39, 0.29) is 0 Å². The SMILES string of the molecule is CC(c1nc2ccccc2s1)N1CCN(Cn2nc(-c3ccc(Cl)cc3)n(C)c2=S)CC1. The van der Waals surface area contributed by atoms with Gasteiger partial charge in [-0.1, -0.05) is 23.7 Å². The second kappa shape index (κ2) is 9.03. The summed E-state index contributed by atoms with van der Waals surface area (Å²) in [5, 5.41) is 6.71. The molecule has 0 aliphatic carbocycles. The van der Waals surface area contributed by atoms with Crippen LogP contribution in [-0.2, 0) is 13.7 Å². The number of nitrogens with zero attached hydrogens (tertiary/aromatic N) is 6. The number of aromatic nitrogens is 4. The second-order valence-corrected chi connectivity index (χ2v) is 10.0. The van der Waals surface area contributed by atoms with E-state index >= 15 is 0 Å². The van der Waals surface area contributed by atoms with E-state index in [1.807, 2.05) is 40.6 Å². The van der Waals surface area contributed by atoms with Crippen LogP contribution in [0.4, 0.5) is 0 Å². The van der Waals surface area contributed by atoms with E-state index in [1.54, 1.807) is 11.3 Å². The summed E-state index contributed by atoms with van der Waals surface area (Å²) in [4.78, 5) is 9.79. The normalized spacial score (nSPS) is 16.6. The zero-order valence-corrected chi connectivity index (χ0v) is 20.5. The summed E-state index contributed by atoms with van der Waals surface area (Å²) in [5.74, 6) is 0.856. The molecule has 1 aliphatic rings. The van der Waals surface area contributed by atoms with Crippen LogP contribution < -0.4 is 0 Å². The lowest BCUT2D eigenvalue weighted by Gasteiger charge is -2.37. The molecule has 4 aromatic rings. The average Bonchev–Trinajstić information content (AvgIpc) is 3.37. The Kier molecular flexibility index (Phi) is 6.14. The number of piperazine rings is 1. The van der Waals surface area contributed by atoms with Gasteiger partial charge >= 0.3 is 0 Å². The summed E-state index contributed by atoms with van der Waals surface area (Å²) in [5.41, 5.74) is 2.11. The van der Waals surface area contributed by atoms with Crippen LogP contribution in [0.15, 0.2) is 48.5 Å². The molecule has 0 amide bonds.